The lowest BCUT2D eigenvalue weighted by molar-refractivity contribution is 0.0525. The van der Waals surface area contributed by atoms with Gasteiger partial charge >= 0.3 is 0 Å². The molecule has 0 fully saturated rings. The van der Waals surface area contributed by atoms with Crippen LogP contribution in [0.5, 0.6) is 11.5 Å². The van der Waals surface area contributed by atoms with Crippen LogP contribution in [-0.4, -0.2) is 18.2 Å². The van der Waals surface area contributed by atoms with Crippen molar-refractivity contribution >= 4 is 31.9 Å². The molecule has 0 bridgehead atoms. The Labute approximate surface area is 130 Å². The Hall–Kier alpha value is -0.260. The monoisotopic (exact) mass is 392 g/mol. The van der Waals surface area contributed by atoms with E-state index in [1.807, 2.05) is 12.1 Å². The molecule has 1 aromatic carbocycles. The fourth-order valence-corrected chi connectivity index (χ4v) is 2.96. The zero-order valence-corrected chi connectivity index (χ0v) is 14.3. The SMILES string of the molecule is CCCCOC(c1cc2c(cc1Br)OCO2)C(C)Br. The van der Waals surface area contributed by atoms with Crippen molar-refractivity contribution in [2.45, 2.75) is 37.6 Å². The summed E-state index contributed by atoms with van der Waals surface area (Å²) in [5.41, 5.74) is 1.09. The summed E-state index contributed by atoms with van der Waals surface area (Å²) in [6.07, 6.45) is 2.19. The highest BCUT2D eigenvalue weighted by molar-refractivity contribution is 9.10. The molecule has 1 aliphatic rings. The molecule has 2 unspecified atom stereocenters. The smallest absolute Gasteiger partial charge is 0.231 e. The van der Waals surface area contributed by atoms with E-state index in [0.717, 1.165) is 41.0 Å². The van der Waals surface area contributed by atoms with E-state index in [2.05, 4.69) is 45.7 Å². The number of alkyl halides is 1. The van der Waals surface area contributed by atoms with Crippen LogP contribution in [0.25, 0.3) is 0 Å². The van der Waals surface area contributed by atoms with Crippen molar-refractivity contribution < 1.29 is 14.2 Å². The second-order valence-corrected chi connectivity index (χ2v) is 6.85. The highest BCUT2D eigenvalue weighted by Gasteiger charge is 2.24. The fourth-order valence-electron chi connectivity index (χ4n) is 1.98. The fraction of sp³-hybridized carbons (Fsp3) is 0.571. The predicted molar refractivity (Wildman–Crippen MR) is 82.3 cm³/mol. The molecule has 5 heteroatoms. The number of rotatable bonds is 6. The maximum absolute atomic E-state index is 6.00. The van der Waals surface area contributed by atoms with Crippen molar-refractivity contribution in [2.75, 3.05) is 13.4 Å². The lowest BCUT2D eigenvalue weighted by atomic mass is 10.1. The highest BCUT2D eigenvalue weighted by Crippen LogP contribution is 2.41. The summed E-state index contributed by atoms with van der Waals surface area (Å²) in [5.74, 6) is 1.57. The van der Waals surface area contributed by atoms with Gasteiger partial charge in [0, 0.05) is 21.5 Å². The summed E-state index contributed by atoms with van der Waals surface area (Å²) >= 11 is 7.22. The summed E-state index contributed by atoms with van der Waals surface area (Å²) in [6.45, 7) is 5.30. The predicted octanol–water partition coefficient (Wildman–Crippen LogP) is 4.82. The topological polar surface area (TPSA) is 27.7 Å². The van der Waals surface area contributed by atoms with Crippen molar-refractivity contribution in [3.05, 3.63) is 22.2 Å². The van der Waals surface area contributed by atoms with Crippen LogP contribution in [0.3, 0.4) is 0 Å². The van der Waals surface area contributed by atoms with Gasteiger partial charge in [0.05, 0.1) is 6.10 Å². The number of halogens is 2. The molecule has 19 heavy (non-hydrogen) atoms. The first-order chi connectivity index (χ1) is 9.13. The molecule has 0 saturated heterocycles. The molecule has 2 rings (SSSR count). The standard InChI is InChI=1S/C14H18Br2O3/c1-3-4-5-17-14(9(2)15)10-6-12-13(7-11(10)16)19-8-18-12/h6-7,9,14H,3-5,8H2,1-2H3. The average molecular weight is 394 g/mol. The minimum Gasteiger partial charge on any atom is -0.454 e. The van der Waals surface area contributed by atoms with Crippen LogP contribution in [0.1, 0.15) is 38.4 Å². The molecule has 0 spiro atoms. The van der Waals surface area contributed by atoms with E-state index < -0.39 is 0 Å². The number of hydrogen-bond acceptors (Lipinski definition) is 3. The van der Waals surface area contributed by atoms with Crippen LogP contribution in [0.4, 0.5) is 0 Å². The first kappa shape index (κ1) is 15.1. The molecule has 1 aromatic rings. The van der Waals surface area contributed by atoms with Crippen LogP contribution in [-0.2, 0) is 4.74 Å². The molecule has 1 heterocycles. The lowest BCUT2D eigenvalue weighted by Crippen LogP contribution is -2.14. The third-order valence-corrected chi connectivity index (χ3v) is 4.18. The largest absolute Gasteiger partial charge is 0.454 e. The van der Waals surface area contributed by atoms with E-state index in [1.165, 1.54) is 0 Å². The van der Waals surface area contributed by atoms with Gasteiger partial charge in [-0.25, -0.2) is 0 Å². The summed E-state index contributed by atoms with van der Waals surface area (Å²) in [6, 6.07) is 3.95. The third-order valence-electron chi connectivity index (χ3n) is 3.01. The summed E-state index contributed by atoms with van der Waals surface area (Å²) in [7, 11) is 0. The Kier molecular flexibility index (Phi) is 5.54. The van der Waals surface area contributed by atoms with Gasteiger partial charge in [0.25, 0.3) is 0 Å². The van der Waals surface area contributed by atoms with Crippen LogP contribution in [0.2, 0.25) is 0 Å². The first-order valence-corrected chi connectivity index (χ1v) is 8.19. The number of fused-ring (bicyclic) bond motifs is 1. The normalized spacial score (nSPS) is 16.4. The molecule has 0 aromatic heterocycles. The Morgan fingerprint density at radius 2 is 2.00 bits per heavy atom. The Balaban J connectivity index is 2.21. The van der Waals surface area contributed by atoms with Crippen LogP contribution in [0, 0.1) is 0 Å². The van der Waals surface area contributed by atoms with Gasteiger partial charge in [-0.1, -0.05) is 45.2 Å². The van der Waals surface area contributed by atoms with Gasteiger partial charge in [0.2, 0.25) is 6.79 Å². The minimum atomic E-state index is -0.00424. The number of unbranched alkanes of at least 4 members (excludes halogenated alkanes) is 1. The summed E-state index contributed by atoms with van der Waals surface area (Å²) < 4.78 is 17.8. The zero-order valence-electron chi connectivity index (χ0n) is 11.1. The van der Waals surface area contributed by atoms with Gasteiger partial charge in [-0.2, -0.15) is 0 Å². The van der Waals surface area contributed by atoms with Crippen LogP contribution < -0.4 is 9.47 Å². The quantitative estimate of drug-likeness (QED) is 0.512. The van der Waals surface area contributed by atoms with Gasteiger partial charge in [-0.05, 0) is 25.5 Å². The van der Waals surface area contributed by atoms with Crippen molar-refractivity contribution in [1.29, 1.82) is 0 Å². The number of hydrogen-bond donors (Lipinski definition) is 0. The molecular formula is C14H18Br2O3. The van der Waals surface area contributed by atoms with Crippen molar-refractivity contribution in [2.24, 2.45) is 0 Å². The van der Waals surface area contributed by atoms with E-state index >= 15 is 0 Å². The molecule has 1 aliphatic heterocycles. The number of benzene rings is 1. The van der Waals surface area contributed by atoms with E-state index in [-0.39, 0.29) is 17.7 Å². The summed E-state index contributed by atoms with van der Waals surface area (Å²) in [5, 5.41) is 0. The molecule has 3 nitrogen and oxygen atoms in total. The van der Waals surface area contributed by atoms with Gasteiger partial charge in [0.1, 0.15) is 0 Å². The minimum absolute atomic E-state index is 0.00424. The second-order valence-electron chi connectivity index (χ2n) is 4.55. The Morgan fingerprint density at radius 3 is 2.63 bits per heavy atom. The van der Waals surface area contributed by atoms with Crippen LogP contribution in [0.15, 0.2) is 16.6 Å². The summed E-state index contributed by atoms with van der Waals surface area (Å²) in [4.78, 5) is 0.223. The van der Waals surface area contributed by atoms with E-state index in [0.29, 0.717) is 0 Å². The molecule has 0 saturated carbocycles. The van der Waals surface area contributed by atoms with Gasteiger partial charge in [-0.3, -0.25) is 0 Å². The van der Waals surface area contributed by atoms with Crippen molar-refractivity contribution in [3.8, 4) is 11.5 Å². The molecular weight excluding hydrogens is 376 g/mol. The molecule has 2 atom stereocenters. The maximum atomic E-state index is 6.00. The Bertz CT molecular complexity index is 435. The van der Waals surface area contributed by atoms with E-state index in [1.54, 1.807) is 0 Å². The second kappa shape index (κ2) is 6.95. The zero-order chi connectivity index (χ0) is 13.8. The van der Waals surface area contributed by atoms with Crippen LogP contribution >= 0.6 is 31.9 Å². The maximum Gasteiger partial charge on any atom is 0.231 e. The molecule has 0 amide bonds. The van der Waals surface area contributed by atoms with Gasteiger partial charge in [-0.15, -0.1) is 0 Å². The highest BCUT2D eigenvalue weighted by atomic mass is 79.9. The number of ether oxygens (including phenoxy) is 3. The molecule has 0 aliphatic carbocycles. The third kappa shape index (κ3) is 3.64. The van der Waals surface area contributed by atoms with Crippen molar-refractivity contribution in [3.63, 3.8) is 0 Å². The van der Waals surface area contributed by atoms with E-state index in [9.17, 15) is 0 Å². The molecule has 0 N–H and O–H groups in total. The van der Waals surface area contributed by atoms with Gasteiger partial charge in [0.15, 0.2) is 11.5 Å². The van der Waals surface area contributed by atoms with Crippen molar-refractivity contribution in [1.82, 2.24) is 0 Å². The Morgan fingerprint density at radius 1 is 1.32 bits per heavy atom. The molecule has 106 valence electrons. The lowest BCUT2D eigenvalue weighted by Gasteiger charge is -2.22. The van der Waals surface area contributed by atoms with E-state index in [4.69, 9.17) is 14.2 Å². The first-order valence-electron chi connectivity index (χ1n) is 6.48. The van der Waals surface area contributed by atoms with Gasteiger partial charge < -0.3 is 14.2 Å². The average Bonchev–Trinajstić information content (AvgIpc) is 2.80. The molecule has 0 radical (unpaired) electrons.